The molecule has 0 aliphatic heterocycles. The molecule has 1 unspecified atom stereocenters. The molecule has 1 saturated carbocycles. The maximum Gasteiger partial charge on any atom is 0.185 e. The molecular weight excluding hydrogens is 248 g/mol. The van der Waals surface area contributed by atoms with Gasteiger partial charge in [0, 0.05) is 20.2 Å². The Morgan fingerprint density at radius 2 is 2.28 bits per heavy atom. The number of hydrogen-bond acceptors (Lipinski definition) is 5. The van der Waals surface area contributed by atoms with Crippen molar-refractivity contribution in [1.29, 1.82) is 0 Å². The molecule has 1 atom stereocenters. The van der Waals surface area contributed by atoms with Crippen molar-refractivity contribution in [3.8, 4) is 0 Å². The summed E-state index contributed by atoms with van der Waals surface area (Å²) in [5, 5.41) is 10.6. The summed E-state index contributed by atoms with van der Waals surface area (Å²) in [7, 11) is 2.02. The monoisotopic (exact) mass is 270 g/mol. The Hall–Kier alpha value is -0.650. The first-order chi connectivity index (χ1) is 8.58. The summed E-state index contributed by atoms with van der Waals surface area (Å²) in [5.74, 6) is 0.819. The highest BCUT2D eigenvalue weighted by atomic mass is 32.1. The number of likely N-dealkylation sites (N-methyl/N-ethyl adjacent to an activating group) is 1. The van der Waals surface area contributed by atoms with Crippen LogP contribution in [0.3, 0.4) is 0 Å². The Kier molecular flexibility index (Phi) is 4.59. The highest BCUT2D eigenvalue weighted by Gasteiger charge is 2.21. The van der Waals surface area contributed by atoms with E-state index in [4.69, 9.17) is 4.74 Å². The lowest BCUT2D eigenvalue weighted by molar-refractivity contribution is 0.131. The van der Waals surface area contributed by atoms with E-state index in [0.29, 0.717) is 0 Å². The van der Waals surface area contributed by atoms with Gasteiger partial charge < -0.3 is 14.7 Å². The van der Waals surface area contributed by atoms with E-state index in [-0.39, 0.29) is 0 Å². The molecule has 1 aromatic rings. The number of aryl methyl sites for hydroxylation is 1. The van der Waals surface area contributed by atoms with E-state index in [2.05, 4.69) is 9.88 Å². The largest absolute Gasteiger partial charge is 0.388 e. The van der Waals surface area contributed by atoms with E-state index < -0.39 is 6.10 Å². The second-order valence-corrected chi connectivity index (χ2v) is 6.07. The average molecular weight is 270 g/mol. The van der Waals surface area contributed by atoms with Crippen molar-refractivity contribution in [3.05, 3.63) is 10.6 Å². The highest BCUT2D eigenvalue weighted by Crippen LogP contribution is 2.30. The summed E-state index contributed by atoms with van der Waals surface area (Å²) in [6.07, 6.45) is 2.23. The fourth-order valence-corrected chi connectivity index (χ4v) is 2.77. The van der Waals surface area contributed by atoms with Gasteiger partial charge in [-0.25, -0.2) is 4.98 Å². The normalized spacial score (nSPS) is 16.9. The molecular formula is C13H22N2O2S. The third-order valence-electron chi connectivity index (χ3n) is 3.15. The van der Waals surface area contributed by atoms with Gasteiger partial charge in [0.05, 0.1) is 23.3 Å². The Morgan fingerprint density at radius 3 is 2.83 bits per heavy atom. The molecule has 1 N–H and O–H groups in total. The van der Waals surface area contributed by atoms with Crippen LogP contribution in [0.25, 0.3) is 0 Å². The molecule has 2 rings (SSSR count). The van der Waals surface area contributed by atoms with Crippen molar-refractivity contribution in [2.75, 3.05) is 31.7 Å². The predicted molar refractivity (Wildman–Crippen MR) is 74.3 cm³/mol. The van der Waals surface area contributed by atoms with Crippen LogP contribution in [0.15, 0.2) is 0 Å². The predicted octanol–water partition coefficient (Wildman–Crippen LogP) is 2.37. The summed E-state index contributed by atoms with van der Waals surface area (Å²) in [6.45, 7) is 6.22. The molecule has 0 spiro atoms. The van der Waals surface area contributed by atoms with Crippen LogP contribution in [0.4, 0.5) is 5.13 Å². The van der Waals surface area contributed by atoms with Crippen LogP contribution >= 0.6 is 11.3 Å². The van der Waals surface area contributed by atoms with Crippen molar-refractivity contribution in [1.82, 2.24) is 4.98 Å². The third-order valence-corrected chi connectivity index (χ3v) is 4.59. The number of nitrogens with zero attached hydrogens (tertiary/aromatic N) is 2. The molecule has 102 valence electrons. The Labute approximate surface area is 113 Å². The van der Waals surface area contributed by atoms with Crippen LogP contribution < -0.4 is 4.90 Å². The van der Waals surface area contributed by atoms with Crippen LogP contribution in [-0.2, 0) is 4.74 Å². The quantitative estimate of drug-likeness (QED) is 0.773. The van der Waals surface area contributed by atoms with Crippen LogP contribution in [0.2, 0.25) is 0 Å². The molecule has 18 heavy (non-hydrogen) atoms. The van der Waals surface area contributed by atoms with Gasteiger partial charge in [-0.05, 0) is 32.6 Å². The standard InChI is InChI=1S/C13H22N2O2S/c1-9-12(10(2)16)18-13(14-9)15(3)6-7-17-8-11-4-5-11/h10-11,16H,4-8H2,1-3H3. The number of aliphatic hydroxyl groups excluding tert-OH is 1. The van der Waals surface area contributed by atoms with Crippen molar-refractivity contribution in [2.24, 2.45) is 5.92 Å². The zero-order chi connectivity index (χ0) is 13.1. The number of aliphatic hydroxyl groups is 1. The van der Waals surface area contributed by atoms with Crippen LogP contribution in [-0.4, -0.2) is 36.9 Å². The Balaban J connectivity index is 1.79. The Bertz CT molecular complexity index is 388. The first kappa shape index (κ1) is 13.8. The summed E-state index contributed by atoms with van der Waals surface area (Å²) >= 11 is 1.56. The zero-order valence-corrected chi connectivity index (χ0v) is 12.2. The van der Waals surface area contributed by atoms with Gasteiger partial charge >= 0.3 is 0 Å². The summed E-state index contributed by atoms with van der Waals surface area (Å²) in [6, 6.07) is 0. The lowest BCUT2D eigenvalue weighted by Gasteiger charge is -2.15. The summed E-state index contributed by atoms with van der Waals surface area (Å²) in [4.78, 5) is 7.53. The van der Waals surface area contributed by atoms with E-state index >= 15 is 0 Å². The first-order valence-electron chi connectivity index (χ1n) is 6.52. The second kappa shape index (κ2) is 5.99. The summed E-state index contributed by atoms with van der Waals surface area (Å²) in [5.41, 5.74) is 0.927. The molecule has 0 aromatic carbocycles. The molecule has 0 bridgehead atoms. The number of thiazole rings is 1. The minimum atomic E-state index is -0.434. The fourth-order valence-electron chi connectivity index (χ4n) is 1.78. The average Bonchev–Trinajstić information content (AvgIpc) is 3.05. The minimum Gasteiger partial charge on any atom is -0.388 e. The smallest absolute Gasteiger partial charge is 0.185 e. The van der Waals surface area contributed by atoms with Crippen molar-refractivity contribution in [2.45, 2.75) is 32.8 Å². The van der Waals surface area contributed by atoms with Gasteiger partial charge in [0.1, 0.15) is 0 Å². The van der Waals surface area contributed by atoms with Crippen LogP contribution in [0.5, 0.6) is 0 Å². The highest BCUT2D eigenvalue weighted by molar-refractivity contribution is 7.15. The fraction of sp³-hybridized carbons (Fsp3) is 0.769. The number of anilines is 1. The van der Waals surface area contributed by atoms with Gasteiger partial charge in [0.2, 0.25) is 0 Å². The summed E-state index contributed by atoms with van der Waals surface area (Å²) < 4.78 is 5.62. The molecule has 5 heteroatoms. The van der Waals surface area contributed by atoms with Gasteiger partial charge in [-0.15, -0.1) is 0 Å². The van der Waals surface area contributed by atoms with E-state index in [1.165, 1.54) is 12.8 Å². The number of aromatic nitrogens is 1. The number of rotatable bonds is 7. The maximum absolute atomic E-state index is 9.61. The molecule has 1 heterocycles. The van der Waals surface area contributed by atoms with Crippen LogP contribution in [0, 0.1) is 12.8 Å². The van der Waals surface area contributed by atoms with E-state index in [9.17, 15) is 5.11 Å². The lowest BCUT2D eigenvalue weighted by Crippen LogP contribution is -2.22. The number of ether oxygens (including phenoxy) is 1. The molecule has 0 radical (unpaired) electrons. The van der Waals surface area contributed by atoms with E-state index in [1.54, 1.807) is 18.3 Å². The van der Waals surface area contributed by atoms with Crippen LogP contribution in [0.1, 0.15) is 36.4 Å². The topological polar surface area (TPSA) is 45.6 Å². The zero-order valence-electron chi connectivity index (χ0n) is 11.3. The molecule has 1 aliphatic carbocycles. The first-order valence-corrected chi connectivity index (χ1v) is 7.34. The van der Waals surface area contributed by atoms with E-state index in [1.807, 2.05) is 14.0 Å². The third kappa shape index (κ3) is 3.67. The second-order valence-electron chi connectivity index (χ2n) is 5.06. The van der Waals surface area contributed by atoms with Crippen molar-refractivity contribution in [3.63, 3.8) is 0 Å². The minimum absolute atomic E-state index is 0.434. The number of hydrogen-bond donors (Lipinski definition) is 1. The SMILES string of the molecule is Cc1nc(N(C)CCOCC2CC2)sc1C(C)O. The lowest BCUT2D eigenvalue weighted by atomic mass is 10.3. The van der Waals surface area contributed by atoms with Gasteiger partial charge in [-0.3, -0.25) is 0 Å². The molecule has 1 fully saturated rings. The maximum atomic E-state index is 9.61. The molecule has 4 nitrogen and oxygen atoms in total. The molecule has 0 amide bonds. The Morgan fingerprint density at radius 1 is 1.56 bits per heavy atom. The van der Waals surface area contributed by atoms with Gasteiger partial charge in [0.25, 0.3) is 0 Å². The van der Waals surface area contributed by atoms with Gasteiger partial charge in [-0.1, -0.05) is 11.3 Å². The van der Waals surface area contributed by atoms with Gasteiger partial charge in [-0.2, -0.15) is 0 Å². The molecule has 1 aromatic heterocycles. The van der Waals surface area contributed by atoms with E-state index in [0.717, 1.165) is 41.4 Å². The molecule has 0 saturated heterocycles. The van der Waals surface area contributed by atoms with Crippen molar-refractivity contribution >= 4 is 16.5 Å². The van der Waals surface area contributed by atoms with Gasteiger partial charge in [0.15, 0.2) is 5.13 Å². The van der Waals surface area contributed by atoms with Crippen molar-refractivity contribution < 1.29 is 9.84 Å². The molecule has 1 aliphatic rings.